The average Bonchev–Trinajstić information content (AvgIpc) is 3.48. The van der Waals surface area contributed by atoms with Crippen molar-refractivity contribution in [3.63, 3.8) is 0 Å². The summed E-state index contributed by atoms with van der Waals surface area (Å²) in [4.78, 5) is 23.8. The number of hydrazone groups is 1. The Morgan fingerprint density at radius 3 is 2.51 bits per heavy atom. The molecule has 0 bridgehead atoms. The third kappa shape index (κ3) is 4.83. The van der Waals surface area contributed by atoms with Gasteiger partial charge in [0.25, 0.3) is 0 Å². The molecule has 2 aromatic carbocycles. The third-order valence-electron chi connectivity index (χ3n) is 5.94. The molecule has 0 spiro atoms. The zero-order chi connectivity index (χ0) is 24.4. The number of aliphatic imine (C=N–C) groups is 1. The number of anilines is 1. The van der Waals surface area contributed by atoms with Crippen LogP contribution in [0.25, 0.3) is 6.08 Å². The Morgan fingerprint density at radius 1 is 1.09 bits per heavy atom. The lowest BCUT2D eigenvalue weighted by Crippen LogP contribution is -2.26. The van der Waals surface area contributed by atoms with Gasteiger partial charge in [0.1, 0.15) is 5.75 Å². The summed E-state index contributed by atoms with van der Waals surface area (Å²) >= 11 is 1.12. The molecule has 0 saturated heterocycles. The van der Waals surface area contributed by atoms with Crippen molar-refractivity contribution in [1.82, 2.24) is 9.99 Å². The van der Waals surface area contributed by atoms with E-state index in [1.54, 1.807) is 19.5 Å². The number of amidine groups is 1. The van der Waals surface area contributed by atoms with E-state index in [-0.39, 0.29) is 11.3 Å². The minimum atomic E-state index is -0.245. The Balaban J connectivity index is 1.55. The van der Waals surface area contributed by atoms with E-state index in [2.05, 4.69) is 39.1 Å². The summed E-state index contributed by atoms with van der Waals surface area (Å²) in [5.41, 5.74) is 5.08. The van der Waals surface area contributed by atoms with Gasteiger partial charge in [-0.15, -0.1) is 0 Å². The molecule has 0 aliphatic carbocycles. The van der Waals surface area contributed by atoms with Crippen LogP contribution < -0.4 is 9.64 Å². The van der Waals surface area contributed by atoms with Gasteiger partial charge in [-0.2, -0.15) is 10.1 Å². The van der Waals surface area contributed by atoms with E-state index in [4.69, 9.17) is 9.84 Å². The van der Waals surface area contributed by atoms with Gasteiger partial charge < -0.3 is 9.64 Å². The van der Waals surface area contributed by atoms with Gasteiger partial charge in [-0.3, -0.25) is 9.78 Å². The van der Waals surface area contributed by atoms with Crippen LogP contribution in [0.1, 0.15) is 29.2 Å². The van der Waals surface area contributed by atoms with Gasteiger partial charge in [0, 0.05) is 38.6 Å². The van der Waals surface area contributed by atoms with Gasteiger partial charge in [-0.05, 0) is 77.0 Å². The standard InChI is InChI=1S/C27H25N5O2S/c1-31(2)21-10-6-20(7-11-21)24-16-23(19-8-12-22(34-3)13-9-19)30-32(24)26-25(35-27(33)29-26)15-18-5-4-14-28-17-18/h4-15,17,24H,16H2,1-3H3/b25-15-. The number of methoxy groups -OCH3 is 1. The first-order valence-corrected chi connectivity index (χ1v) is 12.0. The second kappa shape index (κ2) is 9.76. The number of thioether (sulfide) groups is 1. The highest BCUT2D eigenvalue weighted by atomic mass is 32.2. The van der Waals surface area contributed by atoms with Crippen molar-refractivity contribution in [2.24, 2.45) is 10.1 Å². The number of carbonyl (C=O) groups is 1. The predicted molar refractivity (Wildman–Crippen MR) is 142 cm³/mol. The van der Waals surface area contributed by atoms with E-state index >= 15 is 0 Å². The molecular formula is C27H25N5O2S. The second-order valence-corrected chi connectivity index (χ2v) is 9.42. The van der Waals surface area contributed by atoms with E-state index in [1.165, 1.54) is 0 Å². The summed E-state index contributed by atoms with van der Waals surface area (Å²) < 4.78 is 5.31. The van der Waals surface area contributed by atoms with Crippen molar-refractivity contribution in [3.05, 3.63) is 94.7 Å². The van der Waals surface area contributed by atoms with Gasteiger partial charge in [-0.1, -0.05) is 18.2 Å². The van der Waals surface area contributed by atoms with Crippen LogP contribution in [0, 0.1) is 0 Å². The summed E-state index contributed by atoms with van der Waals surface area (Å²) in [6.07, 6.45) is 6.12. The molecule has 1 aromatic heterocycles. The molecule has 0 saturated carbocycles. The number of hydrogen-bond acceptors (Lipinski definition) is 7. The molecule has 7 nitrogen and oxygen atoms in total. The van der Waals surface area contributed by atoms with Crippen LogP contribution in [0.5, 0.6) is 5.75 Å². The van der Waals surface area contributed by atoms with Crippen molar-refractivity contribution in [3.8, 4) is 5.75 Å². The van der Waals surface area contributed by atoms with Gasteiger partial charge in [0.15, 0.2) is 5.84 Å². The smallest absolute Gasteiger partial charge is 0.311 e. The Morgan fingerprint density at radius 2 is 1.86 bits per heavy atom. The summed E-state index contributed by atoms with van der Waals surface area (Å²) in [7, 11) is 5.70. The van der Waals surface area contributed by atoms with E-state index in [0.717, 1.165) is 50.5 Å². The molecule has 0 radical (unpaired) electrons. The van der Waals surface area contributed by atoms with Crippen LogP contribution in [-0.2, 0) is 0 Å². The van der Waals surface area contributed by atoms with E-state index in [0.29, 0.717) is 12.3 Å². The van der Waals surface area contributed by atoms with E-state index in [9.17, 15) is 4.79 Å². The molecule has 5 rings (SSSR count). The molecule has 0 N–H and O–H groups in total. The van der Waals surface area contributed by atoms with Gasteiger partial charge in [0.2, 0.25) is 0 Å². The molecule has 3 heterocycles. The molecule has 0 fully saturated rings. The number of nitrogens with zero attached hydrogens (tertiary/aromatic N) is 5. The summed E-state index contributed by atoms with van der Waals surface area (Å²) in [6, 6.07) is 20.1. The van der Waals surface area contributed by atoms with Gasteiger partial charge >= 0.3 is 5.24 Å². The van der Waals surface area contributed by atoms with Crippen LogP contribution in [-0.4, -0.2) is 48.0 Å². The topological polar surface area (TPSA) is 70.4 Å². The Kier molecular flexibility index (Phi) is 6.37. The molecule has 1 amide bonds. The largest absolute Gasteiger partial charge is 0.497 e. The maximum absolute atomic E-state index is 12.4. The number of pyridine rings is 1. The molecule has 2 aliphatic rings. The normalized spacial score (nSPS) is 18.6. The van der Waals surface area contributed by atoms with Crippen molar-refractivity contribution in [2.45, 2.75) is 12.5 Å². The lowest BCUT2D eigenvalue weighted by Gasteiger charge is -2.24. The zero-order valence-electron chi connectivity index (χ0n) is 19.8. The Hall–Kier alpha value is -3.91. The average molecular weight is 484 g/mol. The minimum Gasteiger partial charge on any atom is -0.497 e. The highest BCUT2D eigenvalue weighted by Crippen LogP contribution is 2.40. The maximum atomic E-state index is 12.4. The van der Waals surface area contributed by atoms with Crippen molar-refractivity contribution in [2.75, 3.05) is 26.1 Å². The molecule has 35 heavy (non-hydrogen) atoms. The second-order valence-electron chi connectivity index (χ2n) is 8.42. The molecule has 1 atom stereocenters. The molecule has 1 unspecified atom stereocenters. The fraction of sp³-hybridized carbons (Fsp3) is 0.185. The van der Waals surface area contributed by atoms with Crippen LogP contribution in [0.2, 0.25) is 0 Å². The lowest BCUT2D eigenvalue weighted by atomic mass is 9.98. The molecule has 2 aliphatic heterocycles. The number of hydrogen-bond donors (Lipinski definition) is 0. The number of carbonyl (C=O) groups excluding carboxylic acids is 1. The van der Waals surface area contributed by atoms with Crippen LogP contribution >= 0.6 is 11.8 Å². The SMILES string of the molecule is COc1ccc(C2=NN(C3=NC(=O)S/C3=C\c3cccnc3)C(c3ccc(N(C)C)cc3)C2)cc1. The van der Waals surface area contributed by atoms with Crippen molar-refractivity contribution >= 4 is 40.3 Å². The van der Waals surface area contributed by atoms with Gasteiger partial charge in [0.05, 0.1) is 23.8 Å². The first-order chi connectivity index (χ1) is 17.0. The van der Waals surface area contributed by atoms with Crippen molar-refractivity contribution in [1.29, 1.82) is 0 Å². The van der Waals surface area contributed by atoms with E-state index < -0.39 is 0 Å². The Bertz CT molecular complexity index is 1320. The fourth-order valence-corrected chi connectivity index (χ4v) is 4.84. The molecule has 8 heteroatoms. The highest BCUT2D eigenvalue weighted by Gasteiger charge is 2.36. The number of benzene rings is 2. The number of ether oxygens (including phenoxy) is 1. The van der Waals surface area contributed by atoms with E-state index in [1.807, 2.05) is 61.6 Å². The van der Waals surface area contributed by atoms with Gasteiger partial charge in [-0.25, -0.2) is 5.01 Å². The highest BCUT2D eigenvalue weighted by molar-refractivity contribution is 8.18. The predicted octanol–water partition coefficient (Wildman–Crippen LogP) is 5.61. The minimum absolute atomic E-state index is 0.0918. The summed E-state index contributed by atoms with van der Waals surface area (Å²) in [6.45, 7) is 0. The number of aromatic nitrogens is 1. The lowest BCUT2D eigenvalue weighted by molar-refractivity contribution is 0.267. The summed E-state index contributed by atoms with van der Waals surface area (Å²) in [5.74, 6) is 1.36. The monoisotopic (exact) mass is 483 g/mol. The molecule has 3 aromatic rings. The van der Waals surface area contributed by atoms with Crippen LogP contribution in [0.15, 0.2) is 88.1 Å². The number of amides is 1. The first-order valence-electron chi connectivity index (χ1n) is 11.2. The van der Waals surface area contributed by atoms with Crippen LogP contribution in [0.3, 0.4) is 0 Å². The van der Waals surface area contributed by atoms with Crippen LogP contribution in [0.4, 0.5) is 10.5 Å². The molecule has 176 valence electrons. The number of rotatable bonds is 5. The fourth-order valence-electron chi connectivity index (χ4n) is 4.09. The quantitative estimate of drug-likeness (QED) is 0.470. The first kappa shape index (κ1) is 22.9. The maximum Gasteiger partial charge on any atom is 0.311 e. The van der Waals surface area contributed by atoms with Crippen molar-refractivity contribution < 1.29 is 9.53 Å². The Labute approximate surface area is 208 Å². The zero-order valence-corrected chi connectivity index (χ0v) is 20.6. The third-order valence-corrected chi connectivity index (χ3v) is 6.73. The molecular weight excluding hydrogens is 458 g/mol. The summed E-state index contributed by atoms with van der Waals surface area (Å²) in [5, 5.41) is 6.63.